The van der Waals surface area contributed by atoms with Crippen molar-refractivity contribution in [3.8, 4) is 0 Å². The maximum atomic E-state index is 13.1. The Hall–Kier alpha value is -0.150. The van der Waals surface area contributed by atoms with E-state index in [2.05, 4.69) is 5.32 Å². The lowest BCUT2D eigenvalue weighted by atomic mass is 9.80. The predicted molar refractivity (Wildman–Crippen MR) is 35.0 cm³/mol. The molecule has 0 amide bonds. The quantitative estimate of drug-likeness (QED) is 0.528. The molecule has 0 saturated carbocycles. The van der Waals surface area contributed by atoms with Crippen LogP contribution in [0.25, 0.3) is 0 Å². The van der Waals surface area contributed by atoms with Crippen molar-refractivity contribution in [2.45, 2.75) is 25.1 Å². The van der Waals surface area contributed by atoms with Crippen molar-refractivity contribution < 1.29 is 4.39 Å². The van der Waals surface area contributed by atoms with E-state index in [1.165, 1.54) is 13.8 Å². The molecular weight excluding hydrogens is 119 g/mol. The molecule has 9 heavy (non-hydrogen) atoms. The molecule has 1 fully saturated rings. The number of hydrogen-bond donors (Lipinski definition) is 2. The molecule has 0 aromatic carbocycles. The van der Waals surface area contributed by atoms with Crippen LogP contribution in [0.15, 0.2) is 0 Å². The van der Waals surface area contributed by atoms with E-state index in [0.717, 1.165) is 0 Å². The summed E-state index contributed by atoms with van der Waals surface area (Å²) in [6.45, 7) is 4.23. The van der Waals surface area contributed by atoms with E-state index < -0.39 is 11.2 Å². The number of alkyl halides is 1. The van der Waals surface area contributed by atoms with Gasteiger partial charge in [0.25, 0.3) is 0 Å². The van der Waals surface area contributed by atoms with Crippen LogP contribution in [0.1, 0.15) is 13.8 Å². The highest BCUT2D eigenvalue weighted by Gasteiger charge is 2.46. The molecule has 1 rings (SSSR count). The maximum absolute atomic E-state index is 13.1. The van der Waals surface area contributed by atoms with Gasteiger partial charge in [0, 0.05) is 13.1 Å². The summed E-state index contributed by atoms with van der Waals surface area (Å²) in [5, 5.41) is 2.94. The molecule has 0 atom stereocenters. The lowest BCUT2D eigenvalue weighted by Crippen LogP contribution is -2.74. The normalized spacial score (nSPS) is 25.3. The van der Waals surface area contributed by atoms with Crippen molar-refractivity contribution in [3.05, 3.63) is 0 Å². The average Bonchev–Trinajstić information content (AvgIpc) is 1.57. The molecule has 2 nitrogen and oxygen atoms in total. The summed E-state index contributed by atoms with van der Waals surface area (Å²) in [5.41, 5.74) is 3.77. The Morgan fingerprint density at radius 1 is 1.56 bits per heavy atom. The fourth-order valence-corrected chi connectivity index (χ4v) is 0.815. The van der Waals surface area contributed by atoms with Crippen molar-refractivity contribution in [2.75, 3.05) is 13.1 Å². The van der Waals surface area contributed by atoms with E-state index in [9.17, 15) is 4.39 Å². The van der Waals surface area contributed by atoms with Gasteiger partial charge in [0.15, 0.2) is 0 Å². The van der Waals surface area contributed by atoms with E-state index in [4.69, 9.17) is 5.73 Å². The molecule has 0 unspecified atom stereocenters. The first kappa shape index (κ1) is 6.96. The van der Waals surface area contributed by atoms with Crippen LogP contribution in [0, 0.1) is 0 Å². The third-order valence-corrected chi connectivity index (χ3v) is 2.06. The highest BCUT2D eigenvalue weighted by Crippen LogP contribution is 2.26. The molecule has 0 aliphatic carbocycles. The second kappa shape index (κ2) is 1.67. The van der Waals surface area contributed by atoms with Crippen LogP contribution >= 0.6 is 0 Å². The monoisotopic (exact) mass is 132 g/mol. The van der Waals surface area contributed by atoms with Crippen LogP contribution in [0.3, 0.4) is 0 Å². The molecule has 3 N–H and O–H groups in total. The number of rotatable bonds is 1. The highest BCUT2D eigenvalue weighted by molar-refractivity contribution is 5.08. The van der Waals surface area contributed by atoms with Gasteiger partial charge in [-0.2, -0.15) is 0 Å². The van der Waals surface area contributed by atoms with E-state index in [-0.39, 0.29) is 0 Å². The smallest absolute Gasteiger partial charge is 0.125 e. The topological polar surface area (TPSA) is 38.0 Å². The Kier molecular flexibility index (Phi) is 1.29. The van der Waals surface area contributed by atoms with Crippen molar-refractivity contribution in [1.29, 1.82) is 0 Å². The SMILES string of the molecule is CC(C)(F)C1(N)CNC1. The summed E-state index contributed by atoms with van der Waals surface area (Å²) in [6, 6.07) is 0. The van der Waals surface area contributed by atoms with E-state index in [0.29, 0.717) is 13.1 Å². The van der Waals surface area contributed by atoms with Gasteiger partial charge in [-0.15, -0.1) is 0 Å². The van der Waals surface area contributed by atoms with Crippen molar-refractivity contribution >= 4 is 0 Å². The minimum atomic E-state index is -1.25. The van der Waals surface area contributed by atoms with Gasteiger partial charge in [-0.3, -0.25) is 0 Å². The molecule has 0 aromatic rings. The summed E-state index contributed by atoms with van der Waals surface area (Å²) in [4.78, 5) is 0. The number of nitrogens with two attached hydrogens (primary N) is 1. The van der Waals surface area contributed by atoms with Gasteiger partial charge in [0.2, 0.25) is 0 Å². The molecular formula is C6H13FN2. The zero-order chi connectivity index (χ0) is 7.12. The number of hydrogen-bond acceptors (Lipinski definition) is 2. The first-order valence-electron chi connectivity index (χ1n) is 3.14. The van der Waals surface area contributed by atoms with E-state index in [1.807, 2.05) is 0 Å². The van der Waals surface area contributed by atoms with Crippen LogP contribution in [-0.4, -0.2) is 24.3 Å². The third kappa shape index (κ3) is 0.946. The first-order valence-corrected chi connectivity index (χ1v) is 3.14. The Balaban J connectivity index is 2.59. The molecule has 1 heterocycles. The standard InChI is InChI=1S/C6H13FN2/c1-5(2,7)6(8)3-9-4-6/h9H,3-4,8H2,1-2H3. The highest BCUT2D eigenvalue weighted by atomic mass is 19.1. The molecule has 54 valence electrons. The lowest BCUT2D eigenvalue weighted by molar-refractivity contribution is 0.0528. The van der Waals surface area contributed by atoms with Crippen LogP contribution in [-0.2, 0) is 0 Å². The maximum Gasteiger partial charge on any atom is 0.125 e. The Labute approximate surface area is 54.6 Å². The van der Waals surface area contributed by atoms with Crippen LogP contribution in [0.4, 0.5) is 4.39 Å². The summed E-state index contributed by atoms with van der Waals surface area (Å²) in [7, 11) is 0. The first-order chi connectivity index (χ1) is 3.96. The van der Waals surface area contributed by atoms with Gasteiger partial charge < -0.3 is 11.1 Å². The van der Waals surface area contributed by atoms with Crippen LogP contribution in [0.5, 0.6) is 0 Å². The van der Waals surface area contributed by atoms with E-state index >= 15 is 0 Å². The zero-order valence-electron chi connectivity index (χ0n) is 5.87. The van der Waals surface area contributed by atoms with Gasteiger partial charge in [-0.05, 0) is 13.8 Å². The summed E-state index contributed by atoms with van der Waals surface area (Å²) < 4.78 is 13.1. The van der Waals surface area contributed by atoms with Crippen molar-refractivity contribution in [2.24, 2.45) is 5.73 Å². The van der Waals surface area contributed by atoms with Gasteiger partial charge in [-0.25, -0.2) is 4.39 Å². The van der Waals surface area contributed by atoms with Crippen LogP contribution < -0.4 is 11.1 Å². The zero-order valence-corrected chi connectivity index (χ0v) is 5.87. The molecule has 0 radical (unpaired) electrons. The second-order valence-electron chi connectivity index (χ2n) is 3.23. The molecule has 0 bridgehead atoms. The fraction of sp³-hybridized carbons (Fsp3) is 1.00. The predicted octanol–water partition coefficient (Wildman–Crippen LogP) is 0.0352. The van der Waals surface area contributed by atoms with E-state index in [1.54, 1.807) is 0 Å². The van der Waals surface area contributed by atoms with Gasteiger partial charge >= 0.3 is 0 Å². The van der Waals surface area contributed by atoms with Crippen molar-refractivity contribution in [1.82, 2.24) is 5.32 Å². The molecule has 1 saturated heterocycles. The van der Waals surface area contributed by atoms with Gasteiger partial charge in [0.05, 0.1) is 5.54 Å². The third-order valence-electron chi connectivity index (χ3n) is 2.06. The lowest BCUT2D eigenvalue weighted by Gasteiger charge is -2.46. The fourth-order valence-electron chi connectivity index (χ4n) is 0.815. The summed E-state index contributed by atoms with van der Waals surface area (Å²) in [6.07, 6.45) is 0. The largest absolute Gasteiger partial charge is 0.320 e. The Morgan fingerprint density at radius 2 is 2.00 bits per heavy atom. The minimum Gasteiger partial charge on any atom is -0.320 e. The van der Waals surface area contributed by atoms with Gasteiger partial charge in [-0.1, -0.05) is 0 Å². The van der Waals surface area contributed by atoms with Crippen LogP contribution in [0.2, 0.25) is 0 Å². The molecule has 1 aliphatic rings. The Morgan fingerprint density at radius 3 is 2.00 bits per heavy atom. The van der Waals surface area contributed by atoms with Gasteiger partial charge in [0.1, 0.15) is 5.67 Å². The molecule has 0 spiro atoms. The number of nitrogens with one attached hydrogen (secondary N) is 1. The molecule has 3 heteroatoms. The summed E-state index contributed by atoms with van der Waals surface area (Å²) >= 11 is 0. The minimum absolute atomic E-state index is 0.594. The number of halogens is 1. The Bertz CT molecular complexity index is 113. The molecule has 1 aliphatic heterocycles. The second-order valence-corrected chi connectivity index (χ2v) is 3.23. The molecule has 0 aromatic heterocycles. The van der Waals surface area contributed by atoms with Crippen molar-refractivity contribution in [3.63, 3.8) is 0 Å². The average molecular weight is 132 g/mol. The summed E-state index contributed by atoms with van der Waals surface area (Å²) in [5.74, 6) is 0.